The number of halogens is 3. The van der Waals surface area contributed by atoms with Crippen LogP contribution in [0.5, 0.6) is 11.5 Å². The number of rotatable bonds is 13. The van der Waals surface area contributed by atoms with Gasteiger partial charge in [-0.15, -0.1) is 33.2 Å². The minimum absolute atomic E-state index is 0.591. The Bertz CT molecular complexity index is 588. The van der Waals surface area contributed by atoms with E-state index in [-0.39, 0.29) is 0 Å². The summed E-state index contributed by atoms with van der Waals surface area (Å²) >= 11 is 17.6. The van der Waals surface area contributed by atoms with Crippen molar-refractivity contribution in [3.05, 3.63) is 29.8 Å². The van der Waals surface area contributed by atoms with Crippen molar-refractivity contribution in [2.75, 3.05) is 13.7 Å². The Morgan fingerprint density at radius 3 is 2.35 bits per heavy atom. The number of unbranched alkanes of at least 4 members (excludes halogenated alkanes) is 5. The average molecular weight is 440 g/mol. The minimum atomic E-state index is -2.45. The molecule has 1 aromatic rings. The van der Waals surface area contributed by atoms with Crippen molar-refractivity contribution in [3.63, 3.8) is 0 Å². The first kappa shape index (κ1) is 23.2. The van der Waals surface area contributed by atoms with Gasteiger partial charge in [0.1, 0.15) is 0 Å². The van der Waals surface area contributed by atoms with Gasteiger partial charge in [-0.25, -0.2) is 4.79 Å². The molecule has 0 heterocycles. The Hall–Kier alpha value is -0.883. The van der Waals surface area contributed by atoms with E-state index in [9.17, 15) is 4.79 Å². The van der Waals surface area contributed by atoms with Crippen LogP contribution >= 0.6 is 33.2 Å². The van der Waals surface area contributed by atoms with Crippen LogP contribution in [0.15, 0.2) is 24.3 Å². The number of carbonyl (C=O) groups is 1. The van der Waals surface area contributed by atoms with Crippen LogP contribution in [-0.2, 0) is 4.79 Å². The molecule has 0 saturated carbocycles. The van der Waals surface area contributed by atoms with E-state index in [1.165, 1.54) is 6.08 Å². The highest BCUT2D eigenvalue weighted by atomic mass is 35.8. The lowest BCUT2D eigenvalue weighted by Gasteiger charge is -2.11. The number of hydrogen-bond acceptors (Lipinski definition) is 3. The molecular formula is C18H25Cl3O4Si. The fourth-order valence-corrected chi connectivity index (χ4v) is 4.24. The topological polar surface area (TPSA) is 55.8 Å². The van der Waals surface area contributed by atoms with Gasteiger partial charge in [0.15, 0.2) is 11.5 Å². The van der Waals surface area contributed by atoms with Crippen LogP contribution in [0.2, 0.25) is 6.04 Å². The number of carboxylic acids is 1. The van der Waals surface area contributed by atoms with E-state index in [4.69, 9.17) is 47.8 Å². The normalized spacial score (nSPS) is 11.7. The largest absolute Gasteiger partial charge is 0.493 e. The maximum atomic E-state index is 10.6. The molecule has 4 nitrogen and oxygen atoms in total. The van der Waals surface area contributed by atoms with Gasteiger partial charge in [-0.2, -0.15) is 0 Å². The zero-order valence-corrected chi connectivity index (χ0v) is 18.1. The summed E-state index contributed by atoms with van der Waals surface area (Å²) in [6.45, 7) is 0.613. The fourth-order valence-electron chi connectivity index (χ4n) is 2.39. The zero-order chi connectivity index (χ0) is 19.4. The molecule has 0 fully saturated rings. The summed E-state index contributed by atoms with van der Waals surface area (Å²) in [5, 5.41) is 8.67. The van der Waals surface area contributed by atoms with Crippen molar-refractivity contribution in [2.45, 2.75) is 44.6 Å². The quantitative estimate of drug-likeness (QED) is 0.173. The van der Waals surface area contributed by atoms with Gasteiger partial charge in [0.25, 0.3) is 0 Å². The van der Waals surface area contributed by atoms with E-state index in [1.54, 1.807) is 25.3 Å². The molecule has 0 amide bonds. The molecule has 1 aromatic carbocycles. The molecule has 0 aliphatic heterocycles. The first-order valence-electron chi connectivity index (χ1n) is 8.60. The third-order valence-corrected chi connectivity index (χ3v) is 6.34. The highest BCUT2D eigenvalue weighted by molar-refractivity contribution is 7.64. The summed E-state index contributed by atoms with van der Waals surface area (Å²) in [4.78, 5) is 10.6. The van der Waals surface area contributed by atoms with E-state index >= 15 is 0 Å². The molecule has 0 atom stereocenters. The van der Waals surface area contributed by atoms with E-state index < -0.39 is 12.0 Å². The summed E-state index contributed by atoms with van der Waals surface area (Å²) in [7, 11) is 1.56. The molecule has 0 spiro atoms. The molecule has 0 unspecified atom stereocenters. The summed E-state index contributed by atoms with van der Waals surface area (Å²) in [5.41, 5.74) is 0.745. The molecule has 8 heteroatoms. The molecule has 1 rings (SSSR count). The van der Waals surface area contributed by atoms with Crippen molar-refractivity contribution >= 4 is 51.3 Å². The monoisotopic (exact) mass is 438 g/mol. The van der Waals surface area contributed by atoms with Crippen LogP contribution in [0.4, 0.5) is 0 Å². The third-order valence-electron chi connectivity index (χ3n) is 3.72. The highest BCUT2D eigenvalue weighted by Crippen LogP contribution is 2.29. The van der Waals surface area contributed by atoms with Crippen LogP contribution < -0.4 is 9.47 Å². The number of carboxylic acid groups (broad SMARTS) is 1. The molecule has 1 N–H and O–H groups in total. The van der Waals surface area contributed by atoms with Gasteiger partial charge >= 0.3 is 12.0 Å². The molecule has 0 radical (unpaired) electrons. The maximum Gasteiger partial charge on any atom is 0.341 e. The predicted molar refractivity (Wildman–Crippen MR) is 111 cm³/mol. The molecular weight excluding hydrogens is 415 g/mol. The molecule has 0 aliphatic rings. The van der Waals surface area contributed by atoms with Gasteiger partial charge in [-0.05, 0) is 36.2 Å². The van der Waals surface area contributed by atoms with Gasteiger partial charge in [0.2, 0.25) is 0 Å². The Labute approximate surface area is 170 Å². The van der Waals surface area contributed by atoms with E-state index in [1.807, 2.05) is 0 Å². The van der Waals surface area contributed by atoms with E-state index in [2.05, 4.69) is 0 Å². The van der Waals surface area contributed by atoms with E-state index in [0.29, 0.717) is 18.1 Å². The van der Waals surface area contributed by atoms with Crippen LogP contribution in [0, 0.1) is 0 Å². The Morgan fingerprint density at radius 1 is 1.08 bits per heavy atom. The highest BCUT2D eigenvalue weighted by Gasteiger charge is 2.23. The van der Waals surface area contributed by atoms with Gasteiger partial charge in [0, 0.05) is 6.08 Å². The minimum Gasteiger partial charge on any atom is -0.493 e. The summed E-state index contributed by atoms with van der Waals surface area (Å²) < 4.78 is 11.1. The molecule has 0 aromatic heterocycles. The smallest absolute Gasteiger partial charge is 0.341 e. The SMILES string of the molecule is COc1cc(/C=C/C(=O)O)ccc1OCCCCCCCC[Si](Cl)(Cl)Cl. The molecule has 146 valence electrons. The lowest BCUT2D eigenvalue weighted by molar-refractivity contribution is -0.131. The van der Waals surface area contributed by atoms with Gasteiger partial charge in [0.05, 0.1) is 13.7 Å². The average Bonchev–Trinajstić information content (AvgIpc) is 2.58. The summed E-state index contributed by atoms with van der Waals surface area (Å²) in [6, 6.07) is 3.63. The third kappa shape index (κ3) is 11.0. The lowest BCUT2D eigenvalue weighted by Crippen LogP contribution is -2.07. The predicted octanol–water partition coefficient (Wildman–Crippen LogP) is 6.17. The molecule has 26 heavy (non-hydrogen) atoms. The second-order valence-electron chi connectivity index (χ2n) is 5.92. The second kappa shape index (κ2) is 12.5. The molecule has 0 aliphatic carbocycles. The van der Waals surface area contributed by atoms with Crippen molar-refractivity contribution < 1.29 is 19.4 Å². The van der Waals surface area contributed by atoms with Crippen LogP contribution in [0.1, 0.15) is 44.1 Å². The molecule has 0 saturated heterocycles. The van der Waals surface area contributed by atoms with Crippen LogP contribution in [-0.4, -0.2) is 30.8 Å². The number of aliphatic carboxylic acids is 1. The first-order valence-corrected chi connectivity index (χ1v) is 13.8. The lowest BCUT2D eigenvalue weighted by atomic mass is 10.1. The zero-order valence-electron chi connectivity index (χ0n) is 14.8. The Balaban J connectivity index is 2.25. The second-order valence-corrected chi connectivity index (χ2v) is 15.2. The van der Waals surface area contributed by atoms with Gasteiger partial charge < -0.3 is 14.6 Å². The first-order chi connectivity index (χ1) is 12.3. The standard InChI is InChI=1S/C18H25Cl3O4Si/c1-24-17-14-15(9-11-18(22)23)8-10-16(17)25-12-6-4-2-3-5-7-13-26(19,20)21/h8-11,14H,2-7,12-13H2,1H3,(H,22,23)/b11-9+. The van der Waals surface area contributed by atoms with Gasteiger partial charge in [-0.3, -0.25) is 0 Å². The van der Waals surface area contributed by atoms with Crippen molar-refractivity contribution in [2.24, 2.45) is 0 Å². The van der Waals surface area contributed by atoms with Crippen molar-refractivity contribution in [3.8, 4) is 11.5 Å². The van der Waals surface area contributed by atoms with E-state index in [0.717, 1.165) is 56.2 Å². The van der Waals surface area contributed by atoms with Crippen molar-refractivity contribution in [1.29, 1.82) is 0 Å². The van der Waals surface area contributed by atoms with Gasteiger partial charge in [-0.1, -0.05) is 38.2 Å². The van der Waals surface area contributed by atoms with Crippen molar-refractivity contribution in [1.82, 2.24) is 0 Å². The molecule has 0 bridgehead atoms. The summed E-state index contributed by atoms with van der Waals surface area (Å²) in [5.74, 6) is 0.264. The number of benzene rings is 1. The number of hydrogen-bond donors (Lipinski definition) is 1. The number of methoxy groups -OCH3 is 1. The van der Waals surface area contributed by atoms with Crippen LogP contribution in [0.3, 0.4) is 0 Å². The Morgan fingerprint density at radius 2 is 1.73 bits per heavy atom. The Kier molecular flexibility index (Phi) is 11.1. The van der Waals surface area contributed by atoms with Crippen LogP contribution in [0.25, 0.3) is 6.08 Å². The summed E-state index contributed by atoms with van der Waals surface area (Å²) in [6.07, 6.45) is 9.02. The fraction of sp³-hybridized carbons (Fsp3) is 0.500. The number of ether oxygens (including phenoxy) is 2. The maximum absolute atomic E-state index is 10.6.